The summed E-state index contributed by atoms with van der Waals surface area (Å²) in [6.07, 6.45) is 0. The molecule has 9 heteroatoms. The average Bonchev–Trinajstić information content (AvgIpc) is 2.03. The second kappa shape index (κ2) is 80.9. The van der Waals surface area contributed by atoms with E-state index >= 15 is 0 Å². The van der Waals surface area contributed by atoms with Crippen molar-refractivity contribution in [2.45, 2.75) is 0 Å². The summed E-state index contributed by atoms with van der Waals surface area (Å²) in [5.41, 5.74) is 0. The van der Waals surface area contributed by atoms with Gasteiger partial charge in [0.1, 0.15) is 0 Å². The van der Waals surface area contributed by atoms with Crippen LogP contribution in [0.5, 0.6) is 0 Å². The van der Waals surface area contributed by atoms with Gasteiger partial charge >= 0.3 is 124 Å². The molecule has 42 valence electrons. The van der Waals surface area contributed by atoms with E-state index < -0.39 is 0 Å². The number of hydrogen-bond donors (Lipinski definition) is 0. The molecule has 9 heavy (non-hydrogen) atoms. The second-order valence-corrected chi connectivity index (χ2v) is 0. The Hall–Kier alpha value is 4.55. The normalized spacial score (nSPS) is 1.67. The number of hydrogen-bond acceptors (Lipinski definition) is 4. The molecule has 4 nitrogen and oxygen atoms in total. The smallest absolute Gasteiger partial charge is 0 e. The van der Waals surface area contributed by atoms with Crippen LogP contribution >= 0.6 is 0 Å². The molecule has 0 aliphatic rings. The van der Waals surface area contributed by atoms with Gasteiger partial charge in [-0.3, -0.25) is 0 Å². The van der Waals surface area contributed by atoms with Crippen LogP contribution < -0.4 is 0 Å². The molecule has 0 saturated heterocycles. The molecule has 0 rings (SSSR count). The van der Waals surface area contributed by atoms with Crippen molar-refractivity contribution in [3.05, 3.63) is 0 Å². The monoisotopic (exact) mass is 602 g/mol. The summed E-state index contributed by atoms with van der Waals surface area (Å²) in [6.45, 7) is 0. The van der Waals surface area contributed by atoms with Crippen LogP contribution in [0.2, 0.25) is 0 Å². The molecule has 0 aromatic heterocycles. The van der Waals surface area contributed by atoms with E-state index in [1.54, 1.807) is 0 Å². The topological polar surface area (TPSA) is 68.3 Å². The Kier molecular flexibility index (Phi) is 262. The third-order valence-corrected chi connectivity index (χ3v) is 0. The first-order chi connectivity index (χ1) is 4.00. The molecule has 0 aromatic carbocycles. The Bertz CT molecular complexity index is 28.5. The summed E-state index contributed by atoms with van der Waals surface area (Å²) >= 11 is 0.883. The van der Waals surface area contributed by atoms with E-state index in [2.05, 4.69) is 0 Å². The fourth-order valence-electron chi connectivity index (χ4n) is 0. The van der Waals surface area contributed by atoms with Gasteiger partial charge in [0.15, 0.2) is 0 Å². The van der Waals surface area contributed by atoms with Crippen LogP contribution in [0, 0.1) is 115 Å². The summed E-state index contributed by atoms with van der Waals surface area (Å²) in [5.74, 6) is 0. The molecule has 0 aromatic rings. The predicted octanol–water partition coefficient (Wildman–Crippen LogP) is -1.13. The quantitative estimate of drug-likeness (QED) is 0.330. The maximum absolute atomic E-state index is 8.42. The molecule has 0 fully saturated rings. The molecule has 0 atom stereocenters. The molecular weight excluding hydrogens is 602 g/mol. The molecule has 0 aliphatic carbocycles. The van der Waals surface area contributed by atoms with E-state index in [9.17, 15) is 0 Å². The summed E-state index contributed by atoms with van der Waals surface area (Å²) in [6, 6.07) is 0. The van der Waals surface area contributed by atoms with Gasteiger partial charge in [-0.05, 0) is 0 Å². The van der Waals surface area contributed by atoms with Crippen molar-refractivity contribution >= 4 is 16.2 Å². The van der Waals surface area contributed by atoms with Gasteiger partial charge in [-0.25, -0.2) is 0 Å². The van der Waals surface area contributed by atoms with E-state index in [1.165, 1.54) is 0 Å². The first-order valence-electron chi connectivity index (χ1n) is 0.933. The fraction of sp³-hybridized carbons (Fsp3) is 0. The average molecular weight is 603 g/mol. The zero-order valence-electron chi connectivity index (χ0n) is 4.49. The van der Waals surface area contributed by atoms with Gasteiger partial charge in [-0.1, -0.05) is 0 Å². The molecule has 0 spiro atoms. The molecule has 0 bridgehead atoms. The molecule has 0 aliphatic heterocycles. The maximum Gasteiger partial charge on any atom is 0 e. The van der Waals surface area contributed by atoms with Crippen molar-refractivity contribution in [1.29, 1.82) is 0 Å². The van der Waals surface area contributed by atoms with Crippen molar-refractivity contribution in [1.82, 2.24) is 0 Å². The predicted molar refractivity (Wildman–Crippen MR) is 9.89 cm³/mol. The van der Waals surface area contributed by atoms with Gasteiger partial charge in [0, 0.05) is 41.3 Å². The molecule has 0 unspecified atom stereocenters. The van der Waals surface area contributed by atoms with Crippen molar-refractivity contribution in [2.24, 2.45) is 0 Å². The number of rotatable bonds is 0. The van der Waals surface area contributed by atoms with E-state index in [4.69, 9.17) is 9.25 Å². The molecule has 0 heterocycles. The van der Waals surface area contributed by atoms with E-state index in [0.717, 1.165) is 0 Å². The van der Waals surface area contributed by atoms with Crippen LogP contribution in [0.15, 0.2) is 0 Å². The van der Waals surface area contributed by atoms with Gasteiger partial charge in [-0.15, -0.1) is 0 Å². The molecular formula is HAlCeLaO4PrZr. The standard InChI is InChI=1S/Al.Ce.La.4O.Pr.Zr.H. The van der Waals surface area contributed by atoms with Gasteiger partial charge < -0.3 is 0 Å². The van der Waals surface area contributed by atoms with Crippen molar-refractivity contribution in [3.63, 3.8) is 0 Å². The third-order valence-electron chi connectivity index (χ3n) is 0. The second-order valence-electron chi connectivity index (χ2n) is 0. The first kappa shape index (κ1) is 29.2. The van der Waals surface area contributed by atoms with Gasteiger partial charge in [0.25, 0.3) is 0 Å². The van der Waals surface area contributed by atoms with E-state index in [0.29, 0.717) is 40.9 Å². The summed E-state index contributed by atoms with van der Waals surface area (Å²) < 4.78 is 33.4. The van der Waals surface area contributed by atoms with Gasteiger partial charge in [0.2, 0.25) is 0 Å². The molecule has 0 amide bonds. The minimum atomic E-state index is -0.0833. The minimum absolute atomic E-state index is 0. The zero-order chi connectivity index (χ0) is 8.00. The zero-order valence-corrected chi connectivity index (χ0v) is 18.8. The van der Waals surface area contributed by atoms with Crippen LogP contribution in [0.1, 0.15) is 0 Å². The molecule has 0 saturated carbocycles. The van der Waals surface area contributed by atoms with E-state index in [1.807, 2.05) is 0 Å². The Labute approximate surface area is 160 Å². The first-order valence-corrected chi connectivity index (χ1v) is 5.28. The van der Waals surface area contributed by atoms with Crippen molar-refractivity contribution in [2.75, 3.05) is 0 Å². The molecule has 0 N–H and O–H groups in total. The SMILES string of the molecule is [O]=[AlH].[O]=[Ce].[O]=[La].[O]=[Zr].[Pr]. The fourth-order valence-corrected chi connectivity index (χ4v) is 0. The molecule has 1 radical (unpaired) electrons. The van der Waals surface area contributed by atoms with Gasteiger partial charge in [0.05, 0.1) is 0 Å². The van der Waals surface area contributed by atoms with Crippen molar-refractivity contribution in [3.8, 4) is 0 Å². The van der Waals surface area contributed by atoms with Crippen LogP contribution in [0.4, 0.5) is 0 Å². The van der Waals surface area contributed by atoms with Crippen LogP contribution in [0.3, 0.4) is 0 Å². The summed E-state index contributed by atoms with van der Waals surface area (Å²) in [5, 5.41) is 0. The van der Waals surface area contributed by atoms with Crippen LogP contribution in [-0.2, 0) is 34.0 Å². The minimum Gasteiger partial charge on any atom is 0 e. The van der Waals surface area contributed by atoms with Crippen LogP contribution in [0.25, 0.3) is 0 Å². The Morgan fingerprint density at radius 3 is 1.11 bits per heavy atom. The van der Waals surface area contributed by atoms with Crippen LogP contribution in [-0.4, -0.2) is 16.2 Å². The maximum atomic E-state index is 8.42. The Morgan fingerprint density at radius 1 is 1.11 bits per heavy atom. The Balaban J connectivity index is -0.00000000762. The summed E-state index contributed by atoms with van der Waals surface area (Å²) in [7, 11) is 0. The summed E-state index contributed by atoms with van der Waals surface area (Å²) in [4.78, 5) is 0. The van der Waals surface area contributed by atoms with Gasteiger partial charge in [-0.2, -0.15) is 0 Å². The van der Waals surface area contributed by atoms with Crippen molar-refractivity contribution < 1.29 is 149 Å². The van der Waals surface area contributed by atoms with E-state index in [-0.39, 0.29) is 115 Å². The third kappa shape index (κ3) is 67.5. The largest absolute Gasteiger partial charge is 0 e. The Morgan fingerprint density at radius 2 is 1.11 bits per heavy atom.